The standard InChI is InChI=1S/C18H26ClN3O3/c1-25-17-11-15(20)14(19)10-13(17)16(23)4-2-3-7-22-8-5-12(6-9-22)18(21)24/h10-12H,2-9,20H2,1H3,(H2,21,24). The lowest BCUT2D eigenvalue weighted by molar-refractivity contribution is -0.123. The van der Waals surface area contributed by atoms with Gasteiger partial charge >= 0.3 is 0 Å². The molecule has 0 spiro atoms. The molecule has 138 valence electrons. The van der Waals surface area contributed by atoms with Crippen molar-refractivity contribution < 1.29 is 14.3 Å². The van der Waals surface area contributed by atoms with E-state index in [9.17, 15) is 9.59 Å². The van der Waals surface area contributed by atoms with E-state index < -0.39 is 0 Å². The number of carbonyl (C=O) groups excluding carboxylic acids is 2. The highest BCUT2D eigenvalue weighted by Crippen LogP contribution is 2.30. The van der Waals surface area contributed by atoms with E-state index in [4.69, 9.17) is 27.8 Å². The second-order valence-corrected chi connectivity index (χ2v) is 6.88. The van der Waals surface area contributed by atoms with Gasteiger partial charge in [0.25, 0.3) is 0 Å². The van der Waals surface area contributed by atoms with Crippen LogP contribution in [0.3, 0.4) is 0 Å². The fraction of sp³-hybridized carbons (Fsp3) is 0.556. The number of methoxy groups -OCH3 is 1. The van der Waals surface area contributed by atoms with E-state index in [1.807, 2.05) is 0 Å². The van der Waals surface area contributed by atoms with E-state index in [-0.39, 0.29) is 17.6 Å². The summed E-state index contributed by atoms with van der Waals surface area (Å²) in [7, 11) is 1.51. The number of ketones is 1. The van der Waals surface area contributed by atoms with Gasteiger partial charge in [-0.3, -0.25) is 9.59 Å². The molecule has 6 nitrogen and oxygen atoms in total. The minimum atomic E-state index is -0.193. The molecule has 1 saturated heterocycles. The van der Waals surface area contributed by atoms with Gasteiger partial charge in [0.1, 0.15) is 5.75 Å². The van der Waals surface area contributed by atoms with Crippen LogP contribution in [-0.2, 0) is 4.79 Å². The zero-order valence-electron chi connectivity index (χ0n) is 14.6. The number of unbranched alkanes of at least 4 members (excludes halogenated alkanes) is 1. The fourth-order valence-corrected chi connectivity index (χ4v) is 3.32. The third kappa shape index (κ3) is 5.34. The smallest absolute Gasteiger partial charge is 0.220 e. The van der Waals surface area contributed by atoms with Crippen LogP contribution in [0, 0.1) is 5.92 Å². The Kier molecular flexibility index (Phi) is 7.08. The van der Waals surface area contributed by atoms with Gasteiger partial charge < -0.3 is 21.1 Å². The number of carbonyl (C=O) groups is 2. The van der Waals surface area contributed by atoms with E-state index >= 15 is 0 Å². The van der Waals surface area contributed by atoms with Crippen LogP contribution in [0.25, 0.3) is 0 Å². The van der Waals surface area contributed by atoms with Gasteiger partial charge in [0.05, 0.1) is 23.4 Å². The highest BCUT2D eigenvalue weighted by molar-refractivity contribution is 6.33. The third-order valence-electron chi connectivity index (χ3n) is 4.74. The van der Waals surface area contributed by atoms with E-state index in [2.05, 4.69) is 4.90 Å². The van der Waals surface area contributed by atoms with Gasteiger partial charge in [-0.2, -0.15) is 0 Å². The van der Waals surface area contributed by atoms with E-state index in [0.717, 1.165) is 45.3 Å². The lowest BCUT2D eigenvalue weighted by Gasteiger charge is -2.30. The first-order chi connectivity index (χ1) is 11.9. The van der Waals surface area contributed by atoms with Crippen molar-refractivity contribution in [3.8, 4) is 5.75 Å². The molecule has 7 heteroatoms. The van der Waals surface area contributed by atoms with Crippen LogP contribution in [0.2, 0.25) is 5.02 Å². The molecular formula is C18H26ClN3O3. The summed E-state index contributed by atoms with van der Waals surface area (Å²) in [6.45, 7) is 2.71. The highest BCUT2D eigenvalue weighted by atomic mass is 35.5. The summed E-state index contributed by atoms with van der Waals surface area (Å²) in [6, 6.07) is 3.16. The molecule has 1 fully saturated rings. The first kappa shape index (κ1) is 19.5. The number of benzene rings is 1. The number of anilines is 1. The van der Waals surface area contributed by atoms with Gasteiger partial charge in [-0.15, -0.1) is 0 Å². The summed E-state index contributed by atoms with van der Waals surface area (Å²) in [6.07, 6.45) is 3.82. The quantitative estimate of drug-likeness (QED) is 0.418. The summed E-state index contributed by atoms with van der Waals surface area (Å²) in [4.78, 5) is 25.9. The Hall–Kier alpha value is -1.79. The number of nitrogens with zero attached hydrogens (tertiary/aromatic N) is 1. The molecule has 1 heterocycles. The second-order valence-electron chi connectivity index (χ2n) is 6.47. The van der Waals surface area contributed by atoms with Crippen LogP contribution in [0.5, 0.6) is 5.75 Å². The summed E-state index contributed by atoms with van der Waals surface area (Å²) in [5.41, 5.74) is 12.0. The van der Waals surface area contributed by atoms with Gasteiger partial charge in [-0.1, -0.05) is 11.6 Å². The SMILES string of the molecule is COc1cc(N)c(Cl)cc1C(=O)CCCCN1CCC(C(N)=O)CC1. The molecule has 25 heavy (non-hydrogen) atoms. The number of rotatable bonds is 8. The highest BCUT2D eigenvalue weighted by Gasteiger charge is 2.22. The van der Waals surface area contributed by atoms with Crippen LogP contribution in [0.4, 0.5) is 5.69 Å². The first-order valence-electron chi connectivity index (χ1n) is 8.60. The van der Waals surface area contributed by atoms with Crippen LogP contribution < -0.4 is 16.2 Å². The summed E-state index contributed by atoms with van der Waals surface area (Å²) >= 11 is 6.01. The molecule has 0 aromatic heterocycles. The zero-order chi connectivity index (χ0) is 18.4. The lowest BCUT2D eigenvalue weighted by Crippen LogP contribution is -2.38. The number of piperidine rings is 1. The molecule has 0 aliphatic carbocycles. The van der Waals surface area contributed by atoms with Crippen molar-refractivity contribution in [1.82, 2.24) is 4.90 Å². The van der Waals surface area contributed by atoms with Gasteiger partial charge in [0, 0.05) is 18.4 Å². The Labute approximate surface area is 153 Å². The molecule has 0 bridgehead atoms. The van der Waals surface area contributed by atoms with Gasteiger partial charge in [-0.05, 0) is 51.4 Å². The Morgan fingerprint density at radius 1 is 1.28 bits per heavy atom. The maximum atomic E-state index is 12.4. The molecule has 0 saturated carbocycles. The molecule has 1 amide bonds. The van der Waals surface area contributed by atoms with Crippen molar-refractivity contribution in [2.45, 2.75) is 32.1 Å². The Morgan fingerprint density at radius 2 is 1.96 bits per heavy atom. The summed E-state index contributed by atoms with van der Waals surface area (Å²) in [5, 5.41) is 0.362. The predicted molar refractivity (Wildman–Crippen MR) is 99.0 cm³/mol. The maximum Gasteiger partial charge on any atom is 0.220 e. The fourth-order valence-electron chi connectivity index (χ4n) is 3.15. The number of nitrogen functional groups attached to an aromatic ring is 1. The number of primary amides is 1. The number of amides is 1. The third-order valence-corrected chi connectivity index (χ3v) is 5.06. The van der Waals surface area contributed by atoms with Crippen molar-refractivity contribution in [3.63, 3.8) is 0 Å². The van der Waals surface area contributed by atoms with Crippen molar-refractivity contribution in [1.29, 1.82) is 0 Å². The minimum Gasteiger partial charge on any atom is -0.496 e. The number of nitrogens with two attached hydrogens (primary N) is 2. The molecule has 2 rings (SSSR count). The Balaban J connectivity index is 1.76. The molecule has 1 aliphatic heterocycles. The topological polar surface area (TPSA) is 98.7 Å². The monoisotopic (exact) mass is 367 g/mol. The van der Waals surface area contributed by atoms with Crippen LogP contribution >= 0.6 is 11.6 Å². The predicted octanol–water partition coefficient (Wildman–Crippen LogP) is 2.48. The molecule has 4 N–H and O–H groups in total. The largest absolute Gasteiger partial charge is 0.496 e. The Morgan fingerprint density at radius 3 is 2.56 bits per heavy atom. The van der Waals surface area contributed by atoms with Crippen molar-refractivity contribution >= 4 is 29.0 Å². The summed E-state index contributed by atoms with van der Waals surface area (Å²) < 4.78 is 5.23. The van der Waals surface area contributed by atoms with Crippen LogP contribution in [0.15, 0.2) is 12.1 Å². The first-order valence-corrected chi connectivity index (χ1v) is 8.98. The minimum absolute atomic E-state index is 0.00573. The normalized spacial score (nSPS) is 15.9. The second kappa shape index (κ2) is 9.06. The average molecular weight is 368 g/mol. The molecule has 0 radical (unpaired) electrons. The van der Waals surface area contributed by atoms with E-state index in [0.29, 0.717) is 28.4 Å². The maximum absolute atomic E-state index is 12.4. The van der Waals surface area contributed by atoms with Crippen molar-refractivity contribution in [3.05, 3.63) is 22.7 Å². The van der Waals surface area contributed by atoms with Gasteiger partial charge in [0.15, 0.2) is 5.78 Å². The van der Waals surface area contributed by atoms with Gasteiger partial charge in [0.2, 0.25) is 5.91 Å². The number of hydrogen-bond donors (Lipinski definition) is 2. The molecule has 1 aliphatic rings. The van der Waals surface area contributed by atoms with E-state index in [1.165, 1.54) is 7.11 Å². The number of halogens is 1. The molecular weight excluding hydrogens is 342 g/mol. The molecule has 1 aromatic carbocycles. The van der Waals surface area contributed by atoms with Crippen molar-refractivity contribution in [2.75, 3.05) is 32.5 Å². The number of Topliss-reactive ketones (excluding diaryl/α,β-unsaturated/α-hetero) is 1. The number of likely N-dealkylation sites (tertiary alicyclic amines) is 1. The lowest BCUT2D eigenvalue weighted by atomic mass is 9.96. The summed E-state index contributed by atoms with van der Waals surface area (Å²) in [5.74, 6) is 0.286. The Bertz CT molecular complexity index is 628. The van der Waals surface area contributed by atoms with Gasteiger partial charge in [-0.25, -0.2) is 0 Å². The zero-order valence-corrected chi connectivity index (χ0v) is 15.3. The molecule has 0 atom stereocenters. The number of hydrogen-bond acceptors (Lipinski definition) is 5. The number of ether oxygens (including phenoxy) is 1. The molecule has 1 aromatic rings. The average Bonchev–Trinajstić information content (AvgIpc) is 2.60. The van der Waals surface area contributed by atoms with E-state index in [1.54, 1.807) is 12.1 Å². The molecule has 0 unspecified atom stereocenters. The van der Waals surface area contributed by atoms with Crippen LogP contribution in [-0.4, -0.2) is 43.3 Å². The van der Waals surface area contributed by atoms with Crippen molar-refractivity contribution in [2.24, 2.45) is 11.7 Å². The van der Waals surface area contributed by atoms with Crippen LogP contribution in [0.1, 0.15) is 42.5 Å².